The van der Waals surface area contributed by atoms with E-state index < -0.39 is 11.8 Å². The Kier molecular flexibility index (Phi) is 9.30. The fraction of sp³-hybridized carbons (Fsp3) is 0.963. The van der Waals surface area contributed by atoms with Gasteiger partial charge in [-0.15, -0.1) is 0 Å². The van der Waals surface area contributed by atoms with E-state index in [1.54, 1.807) is 0 Å². The molecule has 2 nitrogen and oxygen atoms in total. The van der Waals surface area contributed by atoms with Crippen LogP contribution in [0.15, 0.2) is 0 Å². The molecule has 4 aliphatic carbocycles. The highest BCUT2D eigenvalue weighted by Crippen LogP contribution is 2.71. The van der Waals surface area contributed by atoms with Crippen molar-refractivity contribution in [3.8, 4) is 0 Å². The summed E-state index contributed by atoms with van der Waals surface area (Å²) in [6.45, 7) is 12.5. The number of esters is 1. The average molecular weight is 452 g/mol. The molecule has 184 valence electrons. The minimum atomic E-state index is -2.59. The van der Waals surface area contributed by atoms with Gasteiger partial charge in [0.2, 0.25) is 0 Å². The van der Waals surface area contributed by atoms with Crippen LogP contribution in [0.3, 0.4) is 0 Å². The van der Waals surface area contributed by atoms with Crippen LogP contribution in [0.1, 0.15) is 106 Å². The Labute approximate surface area is 197 Å². The Bertz CT molecular complexity index is 627. The van der Waals surface area contributed by atoms with E-state index in [9.17, 15) is 4.79 Å². The summed E-state index contributed by atoms with van der Waals surface area (Å²) in [5.41, 5.74) is -0.0411. The number of carbonyl (C=O) groups excluding carboxylic acids is 1. The van der Waals surface area contributed by atoms with Gasteiger partial charge in [0, 0.05) is 18.8 Å². The number of hydrogen-bond donors (Lipinski definition) is 0. The van der Waals surface area contributed by atoms with Crippen molar-refractivity contribution in [2.45, 2.75) is 117 Å². The van der Waals surface area contributed by atoms with E-state index in [0.717, 1.165) is 51.4 Å². The molecule has 0 heterocycles. The third-order valence-electron chi connectivity index (χ3n) is 9.82. The number of methoxy groups -OCH3 is 1. The number of alkyl halides is 2. The first-order valence-corrected chi connectivity index (χ1v) is 13.3. The maximum atomic E-state index is 15.6. The molecule has 0 amide bonds. The molecule has 0 N–H and O–H groups in total. The molecule has 4 fully saturated rings. The number of fused-ring (bicyclic) bond motifs is 5. The fourth-order valence-corrected chi connectivity index (χ4v) is 8.17. The minimum Gasteiger partial charge on any atom is -0.469 e. The molecule has 4 aliphatic rings. The number of hydrogen-bond acceptors (Lipinski definition) is 2. The van der Waals surface area contributed by atoms with Gasteiger partial charge < -0.3 is 4.74 Å². The third kappa shape index (κ3) is 4.78. The fourth-order valence-electron chi connectivity index (χ4n) is 8.17. The summed E-state index contributed by atoms with van der Waals surface area (Å²) in [7, 11) is 7.59. The normalized spacial score (nSPS) is 43.8. The first kappa shape index (κ1) is 27.6. The summed E-state index contributed by atoms with van der Waals surface area (Å²) >= 11 is 0. The first-order valence-electron chi connectivity index (χ1n) is 13.3. The zero-order chi connectivity index (χ0) is 24.3. The van der Waals surface area contributed by atoms with Gasteiger partial charge in [0.25, 0.3) is 5.92 Å². The monoisotopic (exact) mass is 452 g/mol. The summed E-state index contributed by atoms with van der Waals surface area (Å²) < 4.78 is 36.0. The van der Waals surface area contributed by atoms with Crippen molar-refractivity contribution in [3.05, 3.63) is 0 Å². The second kappa shape index (κ2) is 10.8. The number of carbonyl (C=O) groups is 1. The molecule has 0 bridgehead atoms. The van der Waals surface area contributed by atoms with Gasteiger partial charge in [0.1, 0.15) is 0 Å². The SMILES string of the molecule is CC.CC.[B]C1CCC2(C)C(C1)CC(F)(F)C1C3CCC(CCC(=O)OC)C3(C)CCC12. The van der Waals surface area contributed by atoms with E-state index in [2.05, 4.69) is 13.8 Å². The van der Waals surface area contributed by atoms with Crippen LogP contribution in [0.25, 0.3) is 0 Å². The summed E-state index contributed by atoms with van der Waals surface area (Å²) in [6, 6.07) is 0. The highest BCUT2D eigenvalue weighted by molar-refractivity contribution is 6.11. The minimum absolute atomic E-state index is 0.0215. The van der Waals surface area contributed by atoms with Crippen molar-refractivity contribution in [2.75, 3.05) is 7.11 Å². The molecule has 0 aliphatic heterocycles. The highest BCUT2D eigenvalue weighted by Gasteiger charge is 2.67. The Morgan fingerprint density at radius 2 is 1.56 bits per heavy atom. The van der Waals surface area contributed by atoms with E-state index in [1.165, 1.54) is 7.11 Å². The molecule has 8 unspecified atom stereocenters. The van der Waals surface area contributed by atoms with Crippen LogP contribution in [0, 0.1) is 40.4 Å². The molecule has 0 saturated heterocycles. The molecule has 0 aromatic carbocycles. The zero-order valence-electron chi connectivity index (χ0n) is 21.7. The average Bonchev–Trinajstić information content (AvgIpc) is 3.12. The van der Waals surface area contributed by atoms with Crippen LogP contribution < -0.4 is 0 Å². The number of rotatable bonds is 3. The summed E-state index contributed by atoms with van der Waals surface area (Å²) in [5, 5.41) is 0. The second-order valence-corrected chi connectivity index (χ2v) is 10.9. The zero-order valence-corrected chi connectivity index (χ0v) is 21.7. The Hall–Kier alpha value is -0.605. The lowest BCUT2D eigenvalue weighted by molar-refractivity contribution is -0.231. The van der Waals surface area contributed by atoms with Gasteiger partial charge in [-0.25, -0.2) is 8.78 Å². The van der Waals surface area contributed by atoms with Gasteiger partial charge in [0.05, 0.1) is 15.0 Å². The maximum absolute atomic E-state index is 15.6. The quantitative estimate of drug-likeness (QED) is 0.322. The predicted molar refractivity (Wildman–Crippen MR) is 129 cm³/mol. The second-order valence-electron chi connectivity index (χ2n) is 10.9. The van der Waals surface area contributed by atoms with Crippen LogP contribution in [0.5, 0.6) is 0 Å². The number of halogens is 2. The summed E-state index contributed by atoms with van der Waals surface area (Å²) in [5.74, 6) is -2.55. The standard InChI is InChI=1S/C23H35BF2O2.2C2H6/c1-21-11-9-18-20(17(21)6-4-14(21)5-7-19(27)28-3)23(25,26)13-15-12-16(24)8-10-22(15,18)2;2*1-2/h14-18,20H,4-13H2,1-3H3;2*1-2H3. The molecule has 4 rings (SSSR count). The van der Waals surface area contributed by atoms with Crippen LogP contribution in [0.4, 0.5) is 8.78 Å². The summed E-state index contributed by atoms with van der Waals surface area (Å²) in [4.78, 5) is 11.6. The van der Waals surface area contributed by atoms with Gasteiger partial charge in [-0.2, -0.15) is 0 Å². The Balaban J connectivity index is 0.000000860. The van der Waals surface area contributed by atoms with Crippen molar-refractivity contribution in [2.24, 2.45) is 40.4 Å². The van der Waals surface area contributed by atoms with E-state index in [4.69, 9.17) is 12.6 Å². The Morgan fingerprint density at radius 1 is 0.969 bits per heavy atom. The van der Waals surface area contributed by atoms with Gasteiger partial charge in [-0.3, -0.25) is 4.79 Å². The van der Waals surface area contributed by atoms with Crippen molar-refractivity contribution in [1.82, 2.24) is 0 Å². The van der Waals surface area contributed by atoms with Crippen LogP contribution in [-0.4, -0.2) is 26.8 Å². The van der Waals surface area contributed by atoms with E-state index in [0.29, 0.717) is 12.3 Å². The lowest BCUT2D eigenvalue weighted by Gasteiger charge is -2.63. The molecule has 32 heavy (non-hydrogen) atoms. The van der Waals surface area contributed by atoms with Crippen molar-refractivity contribution in [1.29, 1.82) is 0 Å². The molecule has 0 spiro atoms. The van der Waals surface area contributed by atoms with Gasteiger partial charge in [-0.05, 0) is 73.0 Å². The molecule has 0 aromatic rings. The molecule has 8 atom stereocenters. The topological polar surface area (TPSA) is 26.3 Å². The van der Waals surface area contributed by atoms with Gasteiger partial charge >= 0.3 is 5.97 Å². The molecular formula is C27H47BF2O2. The lowest BCUT2D eigenvalue weighted by atomic mass is 9.42. The van der Waals surface area contributed by atoms with Crippen LogP contribution in [0.2, 0.25) is 5.82 Å². The van der Waals surface area contributed by atoms with Crippen LogP contribution in [-0.2, 0) is 9.53 Å². The smallest absolute Gasteiger partial charge is 0.305 e. The summed E-state index contributed by atoms with van der Waals surface area (Å²) in [6.07, 6.45) is 7.75. The lowest BCUT2D eigenvalue weighted by Crippen LogP contribution is -2.60. The maximum Gasteiger partial charge on any atom is 0.305 e. The van der Waals surface area contributed by atoms with Crippen molar-refractivity contribution < 1.29 is 18.3 Å². The highest BCUT2D eigenvalue weighted by atomic mass is 19.3. The largest absolute Gasteiger partial charge is 0.469 e. The predicted octanol–water partition coefficient (Wildman–Crippen LogP) is 7.85. The van der Waals surface area contributed by atoms with E-state index >= 15 is 8.78 Å². The molecule has 2 radical (unpaired) electrons. The van der Waals surface area contributed by atoms with Crippen LogP contribution >= 0.6 is 0 Å². The number of ether oxygens (including phenoxy) is 1. The van der Waals surface area contributed by atoms with E-state index in [1.807, 2.05) is 27.7 Å². The molecule has 0 aromatic heterocycles. The van der Waals surface area contributed by atoms with Gasteiger partial charge in [-0.1, -0.05) is 60.2 Å². The molecule has 5 heteroatoms. The molecular weight excluding hydrogens is 405 g/mol. The van der Waals surface area contributed by atoms with Gasteiger partial charge in [0.15, 0.2) is 0 Å². The van der Waals surface area contributed by atoms with Crippen molar-refractivity contribution in [3.63, 3.8) is 0 Å². The first-order chi connectivity index (χ1) is 15.1. The molecule has 4 saturated carbocycles. The third-order valence-corrected chi connectivity index (χ3v) is 9.82. The Morgan fingerprint density at radius 3 is 2.19 bits per heavy atom. The van der Waals surface area contributed by atoms with Crippen molar-refractivity contribution >= 4 is 13.8 Å². The van der Waals surface area contributed by atoms with E-state index in [-0.39, 0.29) is 46.8 Å².